The minimum Gasteiger partial charge on any atom is -0.493 e. The lowest BCUT2D eigenvalue weighted by Gasteiger charge is -2.25. The van der Waals surface area contributed by atoms with E-state index >= 15 is 0 Å². The second-order valence-electron chi connectivity index (χ2n) is 6.29. The summed E-state index contributed by atoms with van der Waals surface area (Å²) in [4.78, 5) is 23.8. The first-order chi connectivity index (χ1) is 11.6. The third-order valence-corrected chi connectivity index (χ3v) is 3.27. The van der Waals surface area contributed by atoms with Gasteiger partial charge in [0.05, 0.1) is 21.3 Å². The number of ether oxygens (including phenoxy) is 4. The second-order valence-corrected chi connectivity index (χ2v) is 6.29. The van der Waals surface area contributed by atoms with Crippen molar-refractivity contribution >= 4 is 12.1 Å². The Hall–Kier alpha value is -2.64. The highest BCUT2D eigenvalue weighted by atomic mass is 16.6. The molecule has 0 bridgehead atoms. The van der Waals surface area contributed by atoms with E-state index in [1.54, 1.807) is 33.8 Å². The quantitative estimate of drug-likeness (QED) is 0.808. The Morgan fingerprint density at radius 2 is 1.64 bits per heavy atom. The maximum atomic E-state index is 12.0. The fraction of sp³-hybridized carbons (Fsp3) is 0.529. The van der Waals surface area contributed by atoms with E-state index in [1.165, 1.54) is 21.3 Å². The first kappa shape index (κ1) is 20.4. The SMILES string of the molecule is COc1cc(C)c([C@@H](NC(=O)OC(C)(C)C)C(=O)O)c(OC)c1OC. The summed E-state index contributed by atoms with van der Waals surface area (Å²) in [6, 6.07) is 0.230. The van der Waals surface area contributed by atoms with E-state index in [9.17, 15) is 14.7 Å². The molecule has 0 spiro atoms. The summed E-state index contributed by atoms with van der Waals surface area (Å²) in [5.41, 5.74) is 0.0422. The molecule has 25 heavy (non-hydrogen) atoms. The Balaban J connectivity index is 3.41. The number of hydrogen-bond acceptors (Lipinski definition) is 6. The van der Waals surface area contributed by atoms with Gasteiger partial charge in [0, 0.05) is 5.56 Å². The molecular formula is C17H25NO7. The lowest BCUT2D eigenvalue weighted by atomic mass is 9.98. The van der Waals surface area contributed by atoms with Crippen LogP contribution in [-0.4, -0.2) is 44.1 Å². The zero-order valence-electron chi connectivity index (χ0n) is 15.6. The number of aliphatic carboxylic acids is 1. The van der Waals surface area contributed by atoms with Crippen LogP contribution in [-0.2, 0) is 9.53 Å². The van der Waals surface area contributed by atoms with Crippen molar-refractivity contribution in [3.05, 3.63) is 17.2 Å². The standard InChI is InChI=1S/C17H25NO7/c1-9-8-10(22-5)13(23-6)14(24-7)11(9)12(15(19)20)18-16(21)25-17(2,3)4/h8,12H,1-7H3,(H,18,21)(H,19,20)/t12-/m1/s1. The van der Waals surface area contributed by atoms with E-state index in [4.69, 9.17) is 18.9 Å². The van der Waals surface area contributed by atoms with Gasteiger partial charge in [0.15, 0.2) is 17.5 Å². The van der Waals surface area contributed by atoms with Crippen LogP contribution in [0.2, 0.25) is 0 Å². The van der Waals surface area contributed by atoms with Gasteiger partial charge in [-0.05, 0) is 39.3 Å². The van der Waals surface area contributed by atoms with Crippen LogP contribution in [0.3, 0.4) is 0 Å². The largest absolute Gasteiger partial charge is 0.493 e. The van der Waals surface area contributed by atoms with Gasteiger partial charge in [-0.2, -0.15) is 0 Å². The van der Waals surface area contributed by atoms with Gasteiger partial charge in [-0.1, -0.05) is 0 Å². The van der Waals surface area contributed by atoms with Crippen molar-refractivity contribution in [1.29, 1.82) is 0 Å². The lowest BCUT2D eigenvalue weighted by Crippen LogP contribution is -2.38. The zero-order chi connectivity index (χ0) is 19.4. The monoisotopic (exact) mass is 355 g/mol. The maximum Gasteiger partial charge on any atom is 0.408 e. The van der Waals surface area contributed by atoms with Crippen LogP contribution in [0.5, 0.6) is 17.2 Å². The van der Waals surface area contributed by atoms with Crippen molar-refractivity contribution in [3.8, 4) is 17.2 Å². The van der Waals surface area contributed by atoms with E-state index < -0.39 is 23.7 Å². The summed E-state index contributed by atoms with van der Waals surface area (Å²) in [6.07, 6.45) is -0.851. The fourth-order valence-corrected chi connectivity index (χ4v) is 2.34. The molecule has 0 radical (unpaired) electrons. The molecule has 0 aliphatic heterocycles. The van der Waals surface area contributed by atoms with E-state index in [-0.39, 0.29) is 17.1 Å². The van der Waals surface area contributed by atoms with E-state index in [0.29, 0.717) is 11.3 Å². The van der Waals surface area contributed by atoms with Gasteiger partial charge in [-0.15, -0.1) is 0 Å². The highest BCUT2D eigenvalue weighted by molar-refractivity contribution is 5.83. The molecule has 0 saturated heterocycles. The van der Waals surface area contributed by atoms with Gasteiger partial charge in [0.1, 0.15) is 5.60 Å². The predicted octanol–water partition coefficient (Wildman–Crippen LogP) is 2.67. The highest BCUT2D eigenvalue weighted by Gasteiger charge is 2.32. The molecule has 8 nitrogen and oxygen atoms in total. The molecule has 0 fully saturated rings. The molecule has 1 aromatic carbocycles. The lowest BCUT2D eigenvalue weighted by molar-refractivity contribution is -0.139. The number of carbonyl (C=O) groups excluding carboxylic acids is 1. The number of nitrogens with one attached hydrogen (secondary N) is 1. The molecule has 8 heteroatoms. The Morgan fingerprint density at radius 1 is 1.08 bits per heavy atom. The summed E-state index contributed by atoms with van der Waals surface area (Å²) in [7, 11) is 4.26. The number of alkyl carbamates (subject to hydrolysis) is 1. The number of methoxy groups -OCH3 is 3. The van der Waals surface area contributed by atoms with Gasteiger partial charge in [0.25, 0.3) is 0 Å². The molecule has 0 aromatic heterocycles. The van der Waals surface area contributed by atoms with Crippen LogP contribution in [0.1, 0.15) is 37.9 Å². The summed E-state index contributed by atoms with van der Waals surface area (Å²) in [5.74, 6) is -0.466. The smallest absolute Gasteiger partial charge is 0.408 e. The summed E-state index contributed by atoms with van der Waals surface area (Å²) >= 11 is 0. The molecule has 1 atom stereocenters. The van der Waals surface area contributed by atoms with Gasteiger partial charge in [-0.3, -0.25) is 0 Å². The Morgan fingerprint density at radius 3 is 2.04 bits per heavy atom. The zero-order valence-corrected chi connectivity index (χ0v) is 15.6. The number of hydrogen-bond donors (Lipinski definition) is 2. The number of amides is 1. The number of benzene rings is 1. The molecule has 1 aromatic rings. The highest BCUT2D eigenvalue weighted by Crippen LogP contribution is 2.44. The predicted molar refractivity (Wildman–Crippen MR) is 90.6 cm³/mol. The summed E-state index contributed by atoms with van der Waals surface area (Å²) in [6.45, 7) is 6.74. The minimum absolute atomic E-state index is 0.169. The van der Waals surface area contributed by atoms with Gasteiger partial charge >= 0.3 is 12.1 Å². The Kier molecular flexibility index (Phi) is 6.49. The average Bonchev–Trinajstić information content (AvgIpc) is 2.49. The summed E-state index contributed by atoms with van der Waals surface area (Å²) < 4.78 is 21.0. The minimum atomic E-state index is -1.38. The van der Waals surface area contributed by atoms with Crippen molar-refractivity contribution in [2.24, 2.45) is 0 Å². The molecule has 140 valence electrons. The first-order valence-corrected chi connectivity index (χ1v) is 7.57. The molecule has 0 aliphatic carbocycles. The Bertz CT molecular complexity index is 649. The van der Waals surface area contributed by atoms with Crippen molar-refractivity contribution in [2.75, 3.05) is 21.3 Å². The molecule has 1 rings (SSSR count). The molecular weight excluding hydrogens is 330 g/mol. The van der Waals surface area contributed by atoms with Gasteiger partial charge < -0.3 is 29.4 Å². The van der Waals surface area contributed by atoms with Gasteiger partial charge in [-0.25, -0.2) is 9.59 Å². The van der Waals surface area contributed by atoms with Crippen LogP contribution >= 0.6 is 0 Å². The number of rotatable bonds is 6. The van der Waals surface area contributed by atoms with Crippen molar-refractivity contribution in [2.45, 2.75) is 39.3 Å². The number of carboxylic acid groups (broad SMARTS) is 1. The summed E-state index contributed by atoms with van der Waals surface area (Å²) in [5, 5.41) is 12.0. The van der Waals surface area contributed by atoms with E-state index in [0.717, 1.165) is 0 Å². The number of carbonyl (C=O) groups is 2. The van der Waals surface area contributed by atoms with Gasteiger partial charge in [0.2, 0.25) is 5.75 Å². The van der Waals surface area contributed by atoms with Crippen LogP contribution in [0, 0.1) is 6.92 Å². The van der Waals surface area contributed by atoms with Crippen LogP contribution in [0.15, 0.2) is 6.07 Å². The molecule has 1 amide bonds. The average molecular weight is 355 g/mol. The van der Waals surface area contributed by atoms with Crippen LogP contribution in [0.4, 0.5) is 4.79 Å². The Labute approximate surface area is 147 Å². The van der Waals surface area contributed by atoms with Crippen LogP contribution < -0.4 is 19.5 Å². The normalized spacial score (nSPS) is 12.1. The van der Waals surface area contributed by atoms with Crippen molar-refractivity contribution < 1.29 is 33.6 Å². The third kappa shape index (κ3) is 4.91. The molecule has 0 aliphatic rings. The number of aryl methyl sites for hydroxylation is 1. The second kappa shape index (κ2) is 7.96. The molecule has 0 heterocycles. The fourth-order valence-electron chi connectivity index (χ4n) is 2.34. The van der Waals surface area contributed by atoms with Crippen LogP contribution in [0.25, 0.3) is 0 Å². The number of carboxylic acids is 1. The topological polar surface area (TPSA) is 103 Å². The first-order valence-electron chi connectivity index (χ1n) is 7.57. The van der Waals surface area contributed by atoms with E-state index in [2.05, 4.69) is 5.32 Å². The maximum absolute atomic E-state index is 12.0. The van der Waals surface area contributed by atoms with E-state index in [1.807, 2.05) is 0 Å². The molecule has 0 saturated carbocycles. The third-order valence-electron chi connectivity index (χ3n) is 3.27. The van der Waals surface area contributed by atoms with Crippen molar-refractivity contribution in [1.82, 2.24) is 5.32 Å². The molecule has 0 unspecified atom stereocenters. The van der Waals surface area contributed by atoms with Crippen molar-refractivity contribution in [3.63, 3.8) is 0 Å². The molecule has 2 N–H and O–H groups in total.